The van der Waals surface area contributed by atoms with Crippen LogP contribution in [0.1, 0.15) is 43.9 Å². The average molecular weight is 229 g/mol. The number of nitriles is 1. The van der Waals surface area contributed by atoms with E-state index >= 15 is 0 Å². The van der Waals surface area contributed by atoms with Crippen molar-refractivity contribution in [3.63, 3.8) is 0 Å². The highest BCUT2D eigenvalue weighted by Gasteiger charge is 2.25. The van der Waals surface area contributed by atoms with Crippen molar-refractivity contribution in [2.24, 2.45) is 5.92 Å². The Balaban J connectivity index is 2.09. The summed E-state index contributed by atoms with van der Waals surface area (Å²) in [5, 5.41) is 12.5. The average Bonchev–Trinajstić information content (AvgIpc) is 3.12. The number of pyridine rings is 1. The van der Waals surface area contributed by atoms with Gasteiger partial charge in [0, 0.05) is 11.7 Å². The second-order valence-corrected chi connectivity index (χ2v) is 4.89. The van der Waals surface area contributed by atoms with E-state index < -0.39 is 0 Å². The number of anilines is 1. The van der Waals surface area contributed by atoms with Gasteiger partial charge in [-0.15, -0.1) is 0 Å². The Bertz CT molecular complexity index is 430. The number of rotatable bonds is 5. The first-order valence-electron chi connectivity index (χ1n) is 6.37. The number of aromatic nitrogens is 1. The van der Waals surface area contributed by atoms with Gasteiger partial charge in [0.15, 0.2) is 0 Å². The van der Waals surface area contributed by atoms with Crippen molar-refractivity contribution in [2.75, 3.05) is 5.32 Å². The molecule has 0 aromatic carbocycles. The zero-order valence-electron chi connectivity index (χ0n) is 10.5. The Morgan fingerprint density at radius 2 is 2.29 bits per heavy atom. The highest BCUT2D eigenvalue weighted by Crippen LogP contribution is 2.34. The smallest absolute Gasteiger partial charge is 0.144 e. The van der Waals surface area contributed by atoms with E-state index in [9.17, 15) is 0 Å². The molecule has 0 spiro atoms. The summed E-state index contributed by atoms with van der Waals surface area (Å²) in [5.74, 6) is 1.64. The molecular weight excluding hydrogens is 210 g/mol. The summed E-state index contributed by atoms with van der Waals surface area (Å²) in [7, 11) is 0. The molecule has 0 radical (unpaired) electrons. The van der Waals surface area contributed by atoms with Crippen LogP contribution in [-0.2, 0) is 0 Å². The lowest BCUT2D eigenvalue weighted by Crippen LogP contribution is -2.20. The predicted molar refractivity (Wildman–Crippen MR) is 68.7 cm³/mol. The van der Waals surface area contributed by atoms with Crippen molar-refractivity contribution in [3.8, 4) is 6.07 Å². The summed E-state index contributed by atoms with van der Waals surface area (Å²) in [4.78, 5) is 4.43. The molecule has 3 heteroatoms. The number of hydrogen-bond donors (Lipinski definition) is 1. The Morgan fingerprint density at radius 3 is 2.88 bits per heavy atom. The van der Waals surface area contributed by atoms with Crippen LogP contribution in [0.5, 0.6) is 0 Å². The molecule has 1 unspecified atom stereocenters. The topological polar surface area (TPSA) is 48.7 Å². The Labute approximate surface area is 103 Å². The van der Waals surface area contributed by atoms with Gasteiger partial charge in [-0.2, -0.15) is 5.26 Å². The summed E-state index contributed by atoms with van der Waals surface area (Å²) in [5.41, 5.74) is 1.60. The number of aryl methyl sites for hydroxylation is 1. The first-order valence-corrected chi connectivity index (χ1v) is 6.37. The van der Waals surface area contributed by atoms with Gasteiger partial charge in [-0.25, -0.2) is 4.98 Å². The monoisotopic (exact) mass is 229 g/mol. The zero-order valence-corrected chi connectivity index (χ0v) is 10.5. The largest absolute Gasteiger partial charge is 0.366 e. The molecule has 2 rings (SSSR count). The van der Waals surface area contributed by atoms with Crippen LogP contribution in [0.25, 0.3) is 0 Å². The molecule has 0 aliphatic heterocycles. The van der Waals surface area contributed by atoms with E-state index in [0.717, 1.165) is 23.9 Å². The van der Waals surface area contributed by atoms with Crippen molar-refractivity contribution in [2.45, 2.75) is 45.6 Å². The molecule has 1 aromatic rings. The van der Waals surface area contributed by atoms with E-state index in [1.54, 1.807) is 0 Å². The van der Waals surface area contributed by atoms with Crippen LogP contribution in [0.4, 0.5) is 5.82 Å². The van der Waals surface area contributed by atoms with Crippen molar-refractivity contribution in [1.29, 1.82) is 5.26 Å². The molecule has 1 saturated carbocycles. The van der Waals surface area contributed by atoms with Gasteiger partial charge < -0.3 is 5.32 Å². The van der Waals surface area contributed by atoms with Crippen molar-refractivity contribution < 1.29 is 0 Å². The highest BCUT2D eigenvalue weighted by molar-refractivity contribution is 5.52. The minimum absolute atomic E-state index is 0.448. The molecule has 1 atom stereocenters. The van der Waals surface area contributed by atoms with Gasteiger partial charge >= 0.3 is 0 Å². The minimum Gasteiger partial charge on any atom is -0.366 e. The minimum atomic E-state index is 0.448. The SMILES string of the molecule is CCC(CC1CC1)Nc1nc(C)ccc1C#N. The van der Waals surface area contributed by atoms with Crippen LogP contribution >= 0.6 is 0 Å². The Morgan fingerprint density at radius 1 is 1.53 bits per heavy atom. The maximum absolute atomic E-state index is 9.06. The molecule has 1 aromatic heterocycles. The van der Waals surface area contributed by atoms with E-state index in [4.69, 9.17) is 5.26 Å². The van der Waals surface area contributed by atoms with Crippen LogP contribution in [0, 0.1) is 24.2 Å². The van der Waals surface area contributed by atoms with Gasteiger partial charge in [0.2, 0.25) is 0 Å². The highest BCUT2D eigenvalue weighted by atomic mass is 15.0. The van der Waals surface area contributed by atoms with Gasteiger partial charge in [-0.1, -0.05) is 19.8 Å². The maximum atomic E-state index is 9.06. The molecule has 0 saturated heterocycles. The number of nitrogens with one attached hydrogen (secondary N) is 1. The fraction of sp³-hybridized carbons (Fsp3) is 0.571. The fourth-order valence-corrected chi connectivity index (χ4v) is 2.03. The molecule has 1 N–H and O–H groups in total. The molecular formula is C14H19N3. The lowest BCUT2D eigenvalue weighted by molar-refractivity contribution is 0.585. The summed E-state index contributed by atoms with van der Waals surface area (Å²) in [6.07, 6.45) is 5.02. The normalized spacial score (nSPS) is 16.3. The van der Waals surface area contributed by atoms with Gasteiger partial charge in [0.05, 0.1) is 5.56 Å². The number of hydrogen-bond acceptors (Lipinski definition) is 3. The van der Waals surface area contributed by atoms with Crippen molar-refractivity contribution in [1.82, 2.24) is 4.98 Å². The Kier molecular flexibility index (Phi) is 3.63. The lowest BCUT2D eigenvalue weighted by Gasteiger charge is -2.18. The molecule has 0 amide bonds. The summed E-state index contributed by atoms with van der Waals surface area (Å²) in [6, 6.07) is 6.37. The van der Waals surface area contributed by atoms with Crippen LogP contribution in [0.15, 0.2) is 12.1 Å². The van der Waals surface area contributed by atoms with Crippen LogP contribution in [-0.4, -0.2) is 11.0 Å². The maximum Gasteiger partial charge on any atom is 0.144 e. The van der Waals surface area contributed by atoms with Crippen molar-refractivity contribution in [3.05, 3.63) is 23.4 Å². The molecule has 0 bridgehead atoms. The molecule has 1 heterocycles. The van der Waals surface area contributed by atoms with Crippen LogP contribution < -0.4 is 5.32 Å². The van der Waals surface area contributed by atoms with E-state index in [1.807, 2.05) is 19.1 Å². The third-order valence-electron chi connectivity index (χ3n) is 3.30. The molecule has 1 aliphatic rings. The Hall–Kier alpha value is -1.56. The first-order chi connectivity index (χ1) is 8.22. The second-order valence-electron chi connectivity index (χ2n) is 4.89. The van der Waals surface area contributed by atoms with Gasteiger partial charge in [0.25, 0.3) is 0 Å². The fourth-order valence-electron chi connectivity index (χ4n) is 2.03. The van der Waals surface area contributed by atoms with E-state index in [-0.39, 0.29) is 0 Å². The summed E-state index contributed by atoms with van der Waals surface area (Å²) < 4.78 is 0. The third kappa shape index (κ3) is 3.20. The third-order valence-corrected chi connectivity index (χ3v) is 3.30. The standard InChI is InChI=1S/C14H19N3/c1-3-13(8-11-5-6-11)17-14-12(9-15)7-4-10(2)16-14/h4,7,11,13H,3,5-6,8H2,1-2H3,(H,16,17). The van der Waals surface area contributed by atoms with Crippen molar-refractivity contribution >= 4 is 5.82 Å². The first kappa shape index (κ1) is 11.9. The molecule has 90 valence electrons. The van der Waals surface area contributed by atoms with Crippen LogP contribution in [0.2, 0.25) is 0 Å². The molecule has 3 nitrogen and oxygen atoms in total. The van der Waals surface area contributed by atoms with E-state index in [1.165, 1.54) is 19.3 Å². The molecule has 17 heavy (non-hydrogen) atoms. The lowest BCUT2D eigenvalue weighted by atomic mass is 10.1. The van der Waals surface area contributed by atoms with E-state index in [2.05, 4.69) is 23.3 Å². The molecule has 1 aliphatic carbocycles. The summed E-state index contributed by atoms with van der Waals surface area (Å²) >= 11 is 0. The van der Waals surface area contributed by atoms with Crippen LogP contribution in [0.3, 0.4) is 0 Å². The van der Waals surface area contributed by atoms with Gasteiger partial charge in [0.1, 0.15) is 11.9 Å². The van der Waals surface area contributed by atoms with E-state index in [0.29, 0.717) is 11.6 Å². The van der Waals surface area contributed by atoms with Gasteiger partial charge in [-0.3, -0.25) is 0 Å². The van der Waals surface area contributed by atoms with Gasteiger partial charge in [-0.05, 0) is 37.8 Å². The number of nitrogens with zero attached hydrogens (tertiary/aromatic N) is 2. The second kappa shape index (κ2) is 5.18. The quantitative estimate of drug-likeness (QED) is 0.843. The predicted octanol–water partition coefficient (Wildman–Crippen LogP) is 3.25. The zero-order chi connectivity index (χ0) is 12.3. The molecule has 1 fully saturated rings. The summed E-state index contributed by atoms with van der Waals surface area (Å²) in [6.45, 7) is 4.13.